The van der Waals surface area contributed by atoms with E-state index in [2.05, 4.69) is 4.98 Å². The second-order valence-electron chi connectivity index (χ2n) is 6.20. The first-order chi connectivity index (χ1) is 12.1. The van der Waals surface area contributed by atoms with Crippen molar-refractivity contribution in [2.45, 2.75) is 12.8 Å². The third kappa shape index (κ3) is 3.02. The zero-order valence-electron chi connectivity index (χ0n) is 13.5. The van der Waals surface area contributed by atoms with E-state index in [9.17, 15) is 14.7 Å². The smallest absolute Gasteiger partial charge is 0.308 e. The largest absolute Gasteiger partial charge is 0.481 e. The molecule has 2 aromatic heterocycles. The highest BCUT2D eigenvalue weighted by Crippen LogP contribution is 2.27. The molecule has 4 rings (SSSR count). The Morgan fingerprint density at radius 1 is 1.24 bits per heavy atom. The van der Waals surface area contributed by atoms with Crippen molar-refractivity contribution < 1.29 is 14.7 Å². The first kappa shape index (κ1) is 15.8. The fourth-order valence-corrected chi connectivity index (χ4v) is 4.14. The molecule has 1 fully saturated rings. The van der Waals surface area contributed by atoms with Gasteiger partial charge in [0.15, 0.2) is 5.13 Å². The normalized spacial score (nSPS) is 17.8. The third-order valence-electron chi connectivity index (χ3n) is 4.51. The molecule has 1 aromatic carbocycles. The van der Waals surface area contributed by atoms with Crippen LogP contribution in [0.15, 0.2) is 42.7 Å². The van der Waals surface area contributed by atoms with Gasteiger partial charge < -0.3 is 14.6 Å². The van der Waals surface area contributed by atoms with Gasteiger partial charge >= 0.3 is 5.97 Å². The Morgan fingerprint density at radius 2 is 2.04 bits per heavy atom. The summed E-state index contributed by atoms with van der Waals surface area (Å²) in [4.78, 5) is 30.2. The van der Waals surface area contributed by atoms with Crippen LogP contribution < -0.4 is 0 Å². The van der Waals surface area contributed by atoms with Crippen LogP contribution in [0.25, 0.3) is 15.3 Å². The SMILES string of the molecule is O=C(O)[C@@H]1CCCN(C(=O)c2ccc3nc(-n4cccc4)sc3c2)C1. The number of thiazole rings is 1. The molecule has 6 nitrogen and oxygen atoms in total. The molecule has 0 spiro atoms. The number of amides is 1. The van der Waals surface area contributed by atoms with E-state index < -0.39 is 11.9 Å². The average Bonchev–Trinajstić information content (AvgIpc) is 3.29. The summed E-state index contributed by atoms with van der Waals surface area (Å²) in [5.74, 6) is -1.40. The van der Waals surface area contributed by atoms with Crippen molar-refractivity contribution in [1.29, 1.82) is 0 Å². The number of hydrogen-bond acceptors (Lipinski definition) is 4. The van der Waals surface area contributed by atoms with Crippen LogP contribution in [-0.2, 0) is 4.79 Å². The zero-order chi connectivity index (χ0) is 17.4. The fourth-order valence-electron chi connectivity index (χ4n) is 3.16. The highest BCUT2D eigenvalue weighted by Gasteiger charge is 2.28. The molecule has 0 radical (unpaired) electrons. The molecule has 0 bridgehead atoms. The quantitative estimate of drug-likeness (QED) is 0.784. The lowest BCUT2D eigenvalue weighted by Crippen LogP contribution is -2.42. The Morgan fingerprint density at radius 3 is 2.80 bits per heavy atom. The molecule has 1 N–H and O–H groups in total. The molecule has 1 amide bonds. The summed E-state index contributed by atoms with van der Waals surface area (Å²) in [6.45, 7) is 0.890. The Labute approximate surface area is 148 Å². The lowest BCUT2D eigenvalue weighted by molar-refractivity contribution is -0.143. The monoisotopic (exact) mass is 355 g/mol. The maximum absolute atomic E-state index is 12.8. The van der Waals surface area contributed by atoms with Gasteiger partial charge in [-0.1, -0.05) is 11.3 Å². The van der Waals surface area contributed by atoms with Crippen molar-refractivity contribution in [1.82, 2.24) is 14.5 Å². The van der Waals surface area contributed by atoms with E-state index in [1.54, 1.807) is 11.0 Å². The number of likely N-dealkylation sites (tertiary alicyclic amines) is 1. The van der Waals surface area contributed by atoms with Crippen LogP contribution in [0.2, 0.25) is 0 Å². The standard InChI is InChI=1S/C18H17N3O3S/c22-16(21-9-3-4-13(11-21)17(23)24)12-5-6-14-15(10-12)25-18(19-14)20-7-1-2-8-20/h1-2,5-8,10,13H,3-4,9,11H2,(H,23,24)/t13-/m1/s1. The second-order valence-corrected chi connectivity index (χ2v) is 7.21. The van der Waals surface area contributed by atoms with E-state index >= 15 is 0 Å². The van der Waals surface area contributed by atoms with Crippen molar-refractivity contribution >= 4 is 33.4 Å². The average molecular weight is 355 g/mol. The van der Waals surface area contributed by atoms with Crippen molar-refractivity contribution in [2.24, 2.45) is 5.92 Å². The predicted octanol–water partition coefficient (Wildman–Crippen LogP) is 3.02. The maximum Gasteiger partial charge on any atom is 0.308 e. The second kappa shape index (κ2) is 6.33. The van der Waals surface area contributed by atoms with Gasteiger partial charge in [-0.3, -0.25) is 9.59 Å². The highest BCUT2D eigenvalue weighted by molar-refractivity contribution is 7.20. The van der Waals surface area contributed by atoms with Crippen LogP contribution >= 0.6 is 11.3 Å². The molecule has 1 aliphatic rings. The van der Waals surface area contributed by atoms with Gasteiger partial charge in [0.2, 0.25) is 0 Å². The molecule has 0 unspecified atom stereocenters. The Balaban J connectivity index is 1.60. The van der Waals surface area contributed by atoms with Crippen LogP contribution in [0.3, 0.4) is 0 Å². The minimum absolute atomic E-state index is 0.108. The molecule has 3 aromatic rings. The molecule has 0 saturated carbocycles. The number of hydrogen-bond donors (Lipinski definition) is 1. The summed E-state index contributed by atoms with van der Waals surface area (Å²) < 4.78 is 2.88. The highest BCUT2D eigenvalue weighted by atomic mass is 32.1. The number of carbonyl (C=O) groups excluding carboxylic acids is 1. The van der Waals surface area contributed by atoms with Gasteiger partial charge in [-0.15, -0.1) is 0 Å². The van der Waals surface area contributed by atoms with E-state index in [1.165, 1.54) is 11.3 Å². The maximum atomic E-state index is 12.8. The Hall–Kier alpha value is -2.67. The minimum Gasteiger partial charge on any atom is -0.481 e. The van der Waals surface area contributed by atoms with Gasteiger partial charge in [0.05, 0.1) is 16.1 Å². The number of aromatic nitrogens is 2. The first-order valence-electron chi connectivity index (χ1n) is 8.18. The number of carboxylic acids is 1. The molecule has 1 atom stereocenters. The third-order valence-corrected chi connectivity index (χ3v) is 5.54. The van der Waals surface area contributed by atoms with E-state index in [-0.39, 0.29) is 12.5 Å². The van der Waals surface area contributed by atoms with Crippen LogP contribution in [-0.4, -0.2) is 44.5 Å². The number of carboxylic acid groups (broad SMARTS) is 1. The van der Waals surface area contributed by atoms with E-state index in [1.807, 2.05) is 41.2 Å². The predicted molar refractivity (Wildman–Crippen MR) is 95.2 cm³/mol. The van der Waals surface area contributed by atoms with Crippen LogP contribution in [0.4, 0.5) is 0 Å². The first-order valence-corrected chi connectivity index (χ1v) is 8.99. The van der Waals surface area contributed by atoms with Crippen molar-refractivity contribution in [3.8, 4) is 5.13 Å². The number of rotatable bonds is 3. The summed E-state index contributed by atoms with van der Waals surface area (Å²) >= 11 is 1.53. The Bertz CT molecular complexity index is 932. The molecule has 128 valence electrons. The molecule has 0 aliphatic carbocycles. The van der Waals surface area contributed by atoms with Gasteiger partial charge in [-0.05, 0) is 43.2 Å². The molecule has 7 heteroatoms. The number of nitrogens with zero attached hydrogens (tertiary/aromatic N) is 3. The van der Waals surface area contributed by atoms with E-state index in [4.69, 9.17) is 0 Å². The van der Waals surface area contributed by atoms with E-state index in [0.717, 1.165) is 21.8 Å². The summed E-state index contributed by atoms with van der Waals surface area (Å²) in [5.41, 5.74) is 1.44. The lowest BCUT2D eigenvalue weighted by Gasteiger charge is -2.30. The van der Waals surface area contributed by atoms with Gasteiger partial charge in [0.1, 0.15) is 0 Å². The molecule has 1 saturated heterocycles. The number of fused-ring (bicyclic) bond motifs is 1. The molecule has 1 aliphatic heterocycles. The van der Waals surface area contributed by atoms with Gasteiger partial charge in [0, 0.05) is 31.0 Å². The topological polar surface area (TPSA) is 75.4 Å². The fraction of sp³-hybridized carbons (Fsp3) is 0.278. The van der Waals surface area contributed by atoms with Crippen LogP contribution in [0, 0.1) is 5.92 Å². The van der Waals surface area contributed by atoms with Crippen molar-refractivity contribution in [3.05, 3.63) is 48.3 Å². The lowest BCUT2D eigenvalue weighted by atomic mass is 9.97. The molecular formula is C18H17N3O3S. The van der Waals surface area contributed by atoms with Crippen LogP contribution in [0.1, 0.15) is 23.2 Å². The van der Waals surface area contributed by atoms with E-state index in [0.29, 0.717) is 18.5 Å². The molecular weight excluding hydrogens is 338 g/mol. The summed E-state index contributed by atoms with van der Waals surface area (Å²) in [6, 6.07) is 9.36. The van der Waals surface area contributed by atoms with Gasteiger partial charge in [-0.25, -0.2) is 4.98 Å². The number of benzene rings is 1. The zero-order valence-corrected chi connectivity index (χ0v) is 14.3. The summed E-state index contributed by atoms with van der Waals surface area (Å²) in [5, 5.41) is 10.1. The summed E-state index contributed by atoms with van der Waals surface area (Å²) in [7, 11) is 0. The Kier molecular flexibility index (Phi) is 4.01. The van der Waals surface area contributed by atoms with Gasteiger partial charge in [-0.2, -0.15) is 0 Å². The summed E-state index contributed by atoms with van der Waals surface area (Å²) in [6.07, 6.45) is 5.23. The van der Waals surface area contributed by atoms with Crippen LogP contribution in [0.5, 0.6) is 0 Å². The van der Waals surface area contributed by atoms with Crippen molar-refractivity contribution in [2.75, 3.05) is 13.1 Å². The van der Waals surface area contributed by atoms with Crippen molar-refractivity contribution in [3.63, 3.8) is 0 Å². The molecule has 25 heavy (non-hydrogen) atoms. The number of aliphatic carboxylic acids is 1. The molecule has 3 heterocycles. The minimum atomic E-state index is -0.827. The number of carbonyl (C=O) groups is 2. The number of piperidine rings is 1. The van der Waals surface area contributed by atoms with Gasteiger partial charge in [0.25, 0.3) is 5.91 Å².